The van der Waals surface area contributed by atoms with Gasteiger partial charge in [0, 0.05) is 11.6 Å². The van der Waals surface area contributed by atoms with Crippen LogP contribution in [0, 0.1) is 17.1 Å². The second-order valence-electron chi connectivity index (χ2n) is 4.25. The first-order chi connectivity index (χ1) is 9.73. The molecule has 0 aromatic heterocycles. The third-order valence-corrected chi connectivity index (χ3v) is 2.93. The average Bonchev–Trinajstić information content (AvgIpc) is 2.36. The van der Waals surface area contributed by atoms with Crippen molar-refractivity contribution in [3.05, 3.63) is 34.6 Å². The number of amides is 1. The van der Waals surface area contributed by atoms with Gasteiger partial charge in [-0.15, -0.1) is 0 Å². The van der Waals surface area contributed by atoms with E-state index < -0.39 is 24.4 Å². The Morgan fingerprint density at radius 1 is 1.38 bits per heavy atom. The molecule has 3 nitrogen and oxygen atoms in total. The maximum Gasteiger partial charge on any atom is 0.406 e. The molecule has 8 heteroatoms. The predicted molar refractivity (Wildman–Crippen MR) is 68.0 cm³/mol. The highest BCUT2D eigenvalue weighted by atomic mass is 35.5. The summed E-state index contributed by atoms with van der Waals surface area (Å²) in [6.45, 7) is -1.76. The van der Waals surface area contributed by atoms with Gasteiger partial charge < -0.3 is 4.90 Å². The Hall–Kier alpha value is -1.81. The van der Waals surface area contributed by atoms with Gasteiger partial charge in [0.1, 0.15) is 12.4 Å². The summed E-state index contributed by atoms with van der Waals surface area (Å²) in [4.78, 5) is 12.4. The van der Waals surface area contributed by atoms with Crippen LogP contribution in [0.5, 0.6) is 0 Å². The van der Waals surface area contributed by atoms with E-state index in [1.807, 2.05) is 0 Å². The van der Waals surface area contributed by atoms with E-state index >= 15 is 0 Å². The number of benzene rings is 1. The fourth-order valence-corrected chi connectivity index (χ4v) is 1.87. The molecule has 1 rings (SSSR count). The highest BCUT2D eigenvalue weighted by molar-refractivity contribution is 6.31. The van der Waals surface area contributed by atoms with Crippen molar-refractivity contribution >= 4 is 17.5 Å². The molecule has 0 atom stereocenters. The van der Waals surface area contributed by atoms with Crippen LogP contribution in [0.3, 0.4) is 0 Å². The molecule has 0 spiro atoms. The van der Waals surface area contributed by atoms with E-state index in [2.05, 4.69) is 0 Å². The van der Waals surface area contributed by atoms with Gasteiger partial charge in [-0.25, -0.2) is 4.39 Å². The lowest BCUT2D eigenvalue weighted by Crippen LogP contribution is -2.40. The van der Waals surface area contributed by atoms with Gasteiger partial charge >= 0.3 is 6.18 Å². The van der Waals surface area contributed by atoms with Crippen molar-refractivity contribution in [2.75, 3.05) is 13.1 Å². The number of alkyl halides is 3. The summed E-state index contributed by atoms with van der Waals surface area (Å²) in [5, 5.41) is 8.40. The molecule has 0 aliphatic heterocycles. The summed E-state index contributed by atoms with van der Waals surface area (Å²) in [5.74, 6) is -1.43. The van der Waals surface area contributed by atoms with Crippen LogP contribution < -0.4 is 0 Å². The Labute approximate surface area is 123 Å². The van der Waals surface area contributed by atoms with Crippen LogP contribution in [0.15, 0.2) is 18.2 Å². The maximum absolute atomic E-state index is 12.9. The third-order valence-electron chi connectivity index (χ3n) is 2.57. The third kappa shape index (κ3) is 6.00. The molecular formula is C13H11ClF4N2O. The summed E-state index contributed by atoms with van der Waals surface area (Å²) < 4.78 is 50.1. The molecule has 1 amide bonds. The molecule has 0 aliphatic carbocycles. The van der Waals surface area contributed by atoms with Crippen LogP contribution >= 0.6 is 11.6 Å². The average molecular weight is 323 g/mol. The standard InChI is InChI=1S/C13H11ClF4N2O/c14-11-7-10(15)3-2-9(11)6-12(21)20(5-1-4-19)8-13(16,17)18/h2-3,7H,1,5-6,8H2. The number of nitrogens with zero attached hydrogens (tertiary/aromatic N) is 2. The lowest BCUT2D eigenvalue weighted by molar-refractivity contribution is -0.160. The molecule has 114 valence electrons. The van der Waals surface area contributed by atoms with E-state index in [1.165, 1.54) is 6.07 Å². The topological polar surface area (TPSA) is 44.1 Å². The molecule has 1 aromatic rings. The van der Waals surface area contributed by atoms with Crippen molar-refractivity contribution < 1.29 is 22.4 Å². The molecule has 0 N–H and O–H groups in total. The summed E-state index contributed by atoms with van der Waals surface area (Å²) in [5.41, 5.74) is 0.229. The first-order valence-corrected chi connectivity index (χ1v) is 6.26. The Balaban J connectivity index is 2.82. The van der Waals surface area contributed by atoms with Gasteiger partial charge in [-0.05, 0) is 17.7 Å². The number of carbonyl (C=O) groups is 1. The second kappa shape index (κ2) is 7.27. The fraction of sp³-hybridized carbons (Fsp3) is 0.385. The van der Waals surface area contributed by atoms with Crippen LogP contribution in [-0.2, 0) is 11.2 Å². The van der Waals surface area contributed by atoms with Gasteiger partial charge in [-0.1, -0.05) is 17.7 Å². The SMILES string of the molecule is N#CCCN(CC(F)(F)F)C(=O)Cc1ccc(F)cc1Cl. The summed E-state index contributed by atoms with van der Waals surface area (Å²) >= 11 is 5.73. The quantitative estimate of drug-likeness (QED) is 0.781. The Morgan fingerprint density at radius 2 is 2.05 bits per heavy atom. The smallest absolute Gasteiger partial charge is 0.332 e. The number of rotatable bonds is 5. The van der Waals surface area contributed by atoms with E-state index in [-0.39, 0.29) is 30.0 Å². The van der Waals surface area contributed by atoms with Crippen molar-refractivity contribution in [2.24, 2.45) is 0 Å². The van der Waals surface area contributed by atoms with Crippen LogP contribution in [0.1, 0.15) is 12.0 Å². The lowest BCUT2D eigenvalue weighted by atomic mass is 10.1. The highest BCUT2D eigenvalue weighted by Gasteiger charge is 2.32. The van der Waals surface area contributed by atoms with Gasteiger partial charge in [-0.2, -0.15) is 18.4 Å². The number of hydrogen-bond acceptors (Lipinski definition) is 2. The normalized spacial score (nSPS) is 11.0. The molecule has 0 radical (unpaired) electrons. The number of hydrogen-bond donors (Lipinski definition) is 0. The van der Waals surface area contributed by atoms with Crippen LogP contribution in [0.4, 0.5) is 17.6 Å². The maximum atomic E-state index is 12.9. The van der Waals surface area contributed by atoms with E-state index in [0.29, 0.717) is 4.90 Å². The zero-order chi connectivity index (χ0) is 16.0. The van der Waals surface area contributed by atoms with E-state index in [0.717, 1.165) is 12.1 Å². The number of nitriles is 1. The summed E-state index contributed by atoms with van der Waals surface area (Å²) in [6.07, 6.45) is -5.16. The second-order valence-corrected chi connectivity index (χ2v) is 4.66. The monoisotopic (exact) mass is 322 g/mol. The number of halogens is 5. The van der Waals surface area contributed by atoms with Gasteiger partial charge in [0.15, 0.2) is 0 Å². The minimum Gasteiger partial charge on any atom is -0.332 e. The molecule has 0 unspecified atom stereocenters. The first kappa shape index (κ1) is 17.2. The molecule has 0 saturated heterocycles. The van der Waals surface area contributed by atoms with Gasteiger partial charge in [-0.3, -0.25) is 4.79 Å². The number of carbonyl (C=O) groups excluding carboxylic acids is 1. The Bertz CT molecular complexity index is 554. The van der Waals surface area contributed by atoms with Crippen molar-refractivity contribution in [2.45, 2.75) is 19.0 Å². The van der Waals surface area contributed by atoms with Crippen molar-refractivity contribution in [3.8, 4) is 6.07 Å². The minimum atomic E-state index is -4.56. The van der Waals surface area contributed by atoms with Gasteiger partial charge in [0.2, 0.25) is 5.91 Å². The highest BCUT2D eigenvalue weighted by Crippen LogP contribution is 2.21. The molecule has 0 heterocycles. The zero-order valence-electron chi connectivity index (χ0n) is 10.8. The molecule has 21 heavy (non-hydrogen) atoms. The van der Waals surface area contributed by atoms with Gasteiger partial charge in [0.05, 0.1) is 18.9 Å². The molecule has 0 bridgehead atoms. The fourth-order valence-electron chi connectivity index (χ4n) is 1.63. The largest absolute Gasteiger partial charge is 0.406 e. The first-order valence-electron chi connectivity index (χ1n) is 5.88. The van der Waals surface area contributed by atoms with Crippen molar-refractivity contribution in [1.29, 1.82) is 5.26 Å². The lowest BCUT2D eigenvalue weighted by Gasteiger charge is -2.23. The summed E-state index contributed by atoms with van der Waals surface area (Å²) in [6, 6.07) is 4.97. The minimum absolute atomic E-state index is 0.0319. The van der Waals surface area contributed by atoms with Crippen molar-refractivity contribution in [1.82, 2.24) is 4.90 Å². The van der Waals surface area contributed by atoms with E-state index in [4.69, 9.17) is 16.9 Å². The van der Waals surface area contributed by atoms with Crippen LogP contribution in [-0.4, -0.2) is 30.1 Å². The van der Waals surface area contributed by atoms with Crippen LogP contribution in [0.25, 0.3) is 0 Å². The van der Waals surface area contributed by atoms with Crippen molar-refractivity contribution in [3.63, 3.8) is 0 Å². The molecule has 0 aliphatic rings. The molecular weight excluding hydrogens is 312 g/mol. The summed E-state index contributed by atoms with van der Waals surface area (Å²) in [7, 11) is 0. The molecule has 0 saturated carbocycles. The van der Waals surface area contributed by atoms with E-state index in [1.54, 1.807) is 6.07 Å². The van der Waals surface area contributed by atoms with Gasteiger partial charge in [0.25, 0.3) is 0 Å². The zero-order valence-corrected chi connectivity index (χ0v) is 11.5. The van der Waals surface area contributed by atoms with E-state index in [9.17, 15) is 22.4 Å². The predicted octanol–water partition coefficient (Wildman–Crippen LogP) is 3.33. The molecule has 1 aromatic carbocycles. The molecule has 0 fully saturated rings. The van der Waals surface area contributed by atoms with Crippen LogP contribution in [0.2, 0.25) is 5.02 Å². The Kier molecular flexibility index (Phi) is 5.97. The Morgan fingerprint density at radius 3 is 2.57 bits per heavy atom.